The third-order valence-corrected chi connectivity index (χ3v) is 1.80. The predicted molar refractivity (Wildman–Crippen MR) is 53.3 cm³/mol. The van der Waals surface area contributed by atoms with Crippen LogP contribution in [0.1, 0.15) is 12.5 Å². The van der Waals surface area contributed by atoms with Gasteiger partial charge in [-0.15, -0.1) is 0 Å². The molecule has 0 aromatic heterocycles. The molecule has 0 unspecified atom stereocenters. The fraction of sp³-hybridized carbons (Fsp3) is 0.364. The molecule has 14 heavy (non-hydrogen) atoms. The Morgan fingerprint density at radius 3 is 2.86 bits per heavy atom. The van der Waals surface area contributed by atoms with Gasteiger partial charge in [-0.1, -0.05) is 19.1 Å². The quantitative estimate of drug-likeness (QED) is 0.541. The van der Waals surface area contributed by atoms with Crippen LogP contribution in [0.25, 0.3) is 0 Å². The SMILES string of the molecule is CCc1cccc(OC(=O)COC)c1. The molecule has 0 aliphatic rings. The van der Waals surface area contributed by atoms with Gasteiger partial charge in [0.1, 0.15) is 12.4 Å². The Bertz CT molecular complexity index is 307. The number of ether oxygens (including phenoxy) is 2. The normalized spacial score (nSPS) is 9.86. The summed E-state index contributed by atoms with van der Waals surface area (Å²) < 4.78 is 9.69. The Hall–Kier alpha value is -1.35. The first-order valence-electron chi connectivity index (χ1n) is 4.54. The van der Waals surface area contributed by atoms with Gasteiger partial charge in [-0.25, -0.2) is 4.79 Å². The monoisotopic (exact) mass is 194 g/mol. The van der Waals surface area contributed by atoms with Crippen LogP contribution in [0.3, 0.4) is 0 Å². The molecule has 76 valence electrons. The van der Waals surface area contributed by atoms with Crippen LogP contribution in [-0.4, -0.2) is 19.7 Å². The lowest BCUT2D eigenvalue weighted by Gasteiger charge is -2.04. The number of hydrogen-bond acceptors (Lipinski definition) is 3. The highest BCUT2D eigenvalue weighted by Gasteiger charge is 2.03. The summed E-state index contributed by atoms with van der Waals surface area (Å²) in [5.74, 6) is 0.201. The van der Waals surface area contributed by atoms with Crippen LogP contribution in [0.5, 0.6) is 5.75 Å². The molecular formula is C11H14O3. The van der Waals surface area contributed by atoms with Crippen LogP contribution in [0.4, 0.5) is 0 Å². The summed E-state index contributed by atoms with van der Waals surface area (Å²) >= 11 is 0. The zero-order chi connectivity index (χ0) is 10.4. The van der Waals surface area contributed by atoms with Crippen molar-refractivity contribution in [3.8, 4) is 5.75 Å². The van der Waals surface area contributed by atoms with Gasteiger partial charge in [0.2, 0.25) is 0 Å². The van der Waals surface area contributed by atoms with Crippen LogP contribution >= 0.6 is 0 Å². The predicted octanol–water partition coefficient (Wildman–Crippen LogP) is 1.80. The average Bonchev–Trinajstić information content (AvgIpc) is 2.18. The minimum absolute atomic E-state index is 0.0175. The average molecular weight is 194 g/mol. The van der Waals surface area contributed by atoms with Gasteiger partial charge < -0.3 is 9.47 Å². The molecule has 0 spiro atoms. The molecule has 0 bridgehead atoms. The summed E-state index contributed by atoms with van der Waals surface area (Å²) in [6.07, 6.45) is 0.926. The van der Waals surface area contributed by atoms with E-state index in [0.29, 0.717) is 5.75 Å². The van der Waals surface area contributed by atoms with Crippen LogP contribution in [-0.2, 0) is 16.0 Å². The molecule has 0 aliphatic carbocycles. The highest BCUT2D eigenvalue weighted by atomic mass is 16.6. The lowest BCUT2D eigenvalue weighted by atomic mass is 10.2. The molecule has 0 aliphatic heterocycles. The summed E-state index contributed by atoms with van der Waals surface area (Å²) in [6, 6.07) is 7.47. The molecule has 1 rings (SSSR count). The van der Waals surface area contributed by atoms with Crippen molar-refractivity contribution in [2.45, 2.75) is 13.3 Å². The smallest absolute Gasteiger partial charge is 0.337 e. The van der Waals surface area contributed by atoms with Crippen LogP contribution in [0.2, 0.25) is 0 Å². The van der Waals surface area contributed by atoms with Crippen LogP contribution in [0.15, 0.2) is 24.3 Å². The van der Waals surface area contributed by atoms with E-state index in [1.807, 2.05) is 18.2 Å². The van der Waals surface area contributed by atoms with Gasteiger partial charge in [-0.3, -0.25) is 0 Å². The Kier molecular flexibility index (Phi) is 4.13. The Labute approximate surface area is 83.6 Å². The van der Waals surface area contributed by atoms with Crippen molar-refractivity contribution in [3.63, 3.8) is 0 Å². The molecule has 3 heteroatoms. The highest BCUT2D eigenvalue weighted by Crippen LogP contribution is 2.13. The van der Waals surface area contributed by atoms with Crippen molar-refractivity contribution >= 4 is 5.97 Å². The van der Waals surface area contributed by atoms with Crippen molar-refractivity contribution in [2.24, 2.45) is 0 Å². The molecule has 0 amide bonds. The van der Waals surface area contributed by atoms with E-state index in [-0.39, 0.29) is 12.6 Å². The number of hydrogen-bond donors (Lipinski definition) is 0. The first kappa shape index (κ1) is 10.7. The van der Waals surface area contributed by atoms with Crippen molar-refractivity contribution < 1.29 is 14.3 Å². The van der Waals surface area contributed by atoms with Gasteiger partial charge in [0.05, 0.1) is 0 Å². The van der Waals surface area contributed by atoms with Gasteiger partial charge in [0.15, 0.2) is 0 Å². The van der Waals surface area contributed by atoms with Gasteiger partial charge in [-0.05, 0) is 24.1 Å². The Balaban J connectivity index is 2.62. The topological polar surface area (TPSA) is 35.5 Å². The van der Waals surface area contributed by atoms with E-state index < -0.39 is 0 Å². The first-order chi connectivity index (χ1) is 6.76. The second kappa shape index (κ2) is 5.40. The van der Waals surface area contributed by atoms with Crippen LogP contribution < -0.4 is 4.74 Å². The van der Waals surface area contributed by atoms with Crippen molar-refractivity contribution in [3.05, 3.63) is 29.8 Å². The second-order valence-electron chi connectivity index (χ2n) is 2.91. The minimum Gasteiger partial charge on any atom is -0.425 e. The van der Waals surface area contributed by atoms with E-state index in [1.165, 1.54) is 7.11 Å². The maximum atomic E-state index is 11.1. The number of benzene rings is 1. The van der Waals surface area contributed by atoms with Crippen molar-refractivity contribution in [1.29, 1.82) is 0 Å². The molecule has 0 N–H and O–H groups in total. The van der Waals surface area contributed by atoms with Gasteiger partial charge in [-0.2, -0.15) is 0 Å². The molecule has 0 heterocycles. The van der Waals surface area contributed by atoms with Gasteiger partial charge in [0.25, 0.3) is 0 Å². The lowest BCUT2D eigenvalue weighted by Crippen LogP contribution is -2.14. The third kappa shape index (κ3) is 3.18. The summed E-state index contributed by atoms with van der Waals surface area (Å²) in [6.45, 7) is 2.03. The van der Waals surface area contributed by atoms with Crippen molar-refractivity contribution in [1.82, 2.24) is 0 Å². The Morgan fingerprint density at radius 1 is 1.43 bits per heavy atom. The number of methoxy groups -OCH3 is 1. The molecule has 0 saturated heterocycles. The molecule has 0 atom stereocenters. The summed E-state index contributed by atoms with van der Waals surface area (Å²) in [5, 5.41) is 0. The van der Waals surface area contributed by atoms with E-state index >= 15 is 0 Å². The number of carbonyl (C=O) groups is 1. The van der Waals surface area contributed by atoms with E-state index in [2.05, 4.69) is 11.7 Å². The fourth-order valence-electron chi connectivity index (χ4n) is 1.11. The lowest BCUT2D eigenvalue weighted by molar-refractivity contribution is -0.138. The summed E-state index contributed by atoms with van der Waals surface area (Å²) in [7, 11) is 1.46. The molecule has 0 radical (unpaired) electrons. The maximum absolute atomic E-state index is 11.1. The number of carbonyl (C=O) groups excluding carboxylic acids is 1. The number of esters is 1. The highest BCUT2D eigenvalue weighted by molar-refractivity contribution is 5.73. The number of rotatable bonds is 4. The first-order valence-corrected chi connectivity index (χ1v) is 4.54. The molecule has 0 fully saturated rings. The van der Waals surface area contributed by atoms with E-state index in [4.69, 9.17) is 4.74 Å². The third-order valence-electron chi connectivity index (χ3n) is 1.80. The zero-order valence-electron chi connectivity index (χ0n) is 8.45. The molecule has 0 saturated carbocycles. The van der Waals surface area contributed by atoms with Crippen molar-refractivity contribution in [2.75, 3.05) is 13.7 Å². The maximum Gasteiger partial charge on any atom is 0.337 e. The molecule has 3 nitrogen and oxygen atoms in total. The summed E-state index contributed by atoms with van der Waals surface area (Å²) in [4.78, 5) is 11.1. The fourth-order valence-corrected chi connectivity index (χ4v) is 1.11. The van der Waals surface area contributed by atoms with E-state index in [0.717, 1.165) is 12.0 Å². The van der Waals surface area contributed by atoms with E-state index in [9.17, 15) is 4.79 Å². The van der Waals surface area contributed by atoms with E-state index in [1.54, 1.807) is 6.07 Å². The molecule has 1 aromatic rings. The van der Waals surface area contributed by atoms with Crippen LogP contribution in [0, 0.1) is 0 Å². The Morgan fingerprint density at radius 2 is 2.21 bits per heavy atom. The number of aryl methyl sites for hydroxylation is 1. The largest absolute Gasteiger partial charge is 0.425 e. The van der Waals surface area contributed by atoms with Gasteiger partial charge in [0, 0.05) is 7.11 Å². The molecular weight excluding hydrogens is 180 g/mol. The second-order valence-corrected chi connectivity index (χ2v) is 2.91. The molecule has 1 aromatic carbocycles. The van der Waals surface area contributed by atoms with Gasteiger partial charge >= 0.3 is 5.97 Å². The zero-order valence-corrected chi connectivity index (χ0v) is 8.45. The minimum atomic E-state index is -0.374. The standard InChI is InChI=1S/C11H14O3/c1-3-9-5-4-6-10(7-9)14-11(12)8-13-2/h4-7H,3,8H2,1-2H3. The summed E-state index contributed by atoms with van der Waals surface area (Å²) in [5.41, 5.74) is 1.15.